The molecule has 2 N–H and O–H groups in total. The van der Waals surface area contributed by atoms with Gasteiger partial charge in [-0.2, -0.15) is 10.1 Å². The first-order valence-corrected chi connectivity index (χ1v) is 9.79. The number of fused-ring (bicyclic) bond motifs is 1. The van der Waals surface area contributed by atoms with Crippen molar-refractivity contribution in [3.63, 3.8) is 0 Å². The maximum absolute atomic E-state index is 12.3. The van der Waals surface area contributed by atoms with Gasteiger partial charge in [-0.05, 0) is 49.9 Å². The lowest BCUT2D eigenvalue weighted by Gasteiger charge is -2.11. The van der Waals surface area contributed by atoms with Gasteiger partial charge in [-0.1, -0.05) is 19.1 Å². The smallest absolute Gasteiger partial charge is 0.252 e. The van der Waals surface area contributed by atoms with E-state index in [9.17, 15) is 9.59 Å². The van der Waals surface area contributed by atoms with Gasteiger partial charge in [0.25, 0.3) is 5.78 Å². The maximum Gasteiger partial charge on any atom is 0.252 e. The van der Waals surface area contributed by atoms with E-state index in [-0.39, 0.29) is 11.8 Å². The molecule has 152 valence electrons. The molecule has 0 saturated heterocycles. The minimum atomic E-state index is -0.0390. The molecule has 0 atom stereocenters. The second kappa shape index (κ2) is 9.27. The van der Waals surface area contributed by atoms with E-state index < -0.39 is 0 Å². The van der Waals surface area contributed by atoms with Gasteiger partial charge in [-0.25, -0.2) is 9.50 Å². The zero-order valence-corrected chi connectivity index (χ0v) is 17.0. The Balaban J connectivity index is 1.55. The standard InChI is InChI=1S/C21H26N6O2/c1-4-6-20(29)26-17-8-5-7-16(11-17)12-22-19(28)10-9-18-14(2)25-21-23-13-24-27(21)15(18)3/h5,7-8,11,13H,4,6,9-10,12H2,1-3H3,(H,22,28)(H,26,29). The minimum Gasteiger partial charge on any atom is -0.352 e. The first-order valence-electron chi connectivity index (χ1n) is 9.79. The van der Waals surface area contributed by atoms with Crippen molar-refractivity contribution in [3.05, 3.63) is 53.1 Å². The van der Waals surface area contributed by atoms with Crippen LogP contribution in [0.5, 0.6) is 0 Å². The van der Waals surface area contributed by atoms with Gasteiger partial charge in [0.05, 0.1) is 0 Å². The Kier molecular flexibility index (Phi) is 6.54. The molecule has 2 aromatic heterocycles. The Bertz CT molecular complexity index is 1030. The van der Waals surface area contributed by atoms with Crippen LogP contribution in [-0.4, -0.2) is 31.4 Å². The van der Waals surface area contributed by atoms with E-state index in [4.69, 9.17) is 0 Å². The van der Waals surface area contributed by atoms with Gasteiger partial charge in [0.2, 0.25) is 11.8 Å². The third-order valence-corrected chi connectivity index (χ3v) is 4.77. The number of hydrogen-bond donors (Lipinski definition) is 2. The summed E-state index contributed by atoms with van der Waals surface area (Å²) in [6.45, 7) is 6.26. The molecule has 0 aliphatic carbocycles. The molecular weight excluding hydrogens is 368 g/mol. The summed E-state index contributed by atoms with van der Waals surface area (Å²) in [5.41, 5.74) is 4.51. The highest BCUT2D eigenvalue weighted by atomic mass is 16.2. The van der Waals surface area contributed by atoms with E-state index >= 15 is 0 Å². The molecule has 29 heavy (non-hydrogen) atoms. The highest BCUT2D eigenvalue weighted by Crippen LogP contribution is 2.15. The van der Waals surface area contributed by atoms with Crippen LogP contribution >= 0.6 is 0 Å². The van der Waals surface area contributed by atoms with Crippen molar-refractivity contribution in [3.8, 4) is 0 Å². The number of nitrogens with zero attached hydrogens (tertiary/aromatic N) is 4. The normalized spacial score (nSPS) is 10.9. The molecule has 8 nitrogen and oxygen atoms in total. The highest BCUT2D eigenvalue weighted by molar-refractivity contribution is 5.90. The Labute approximate surface area is 169 Å². The predicted octanol–water partition coefficient (Wildman–Crippen LogP) is 2.73. The van der Waals surface area contributed by atoms with Gasteiger partial charge >= 0.3 is 0 Å². The zero-order chi connectivity index (χ0) is 20.8. The lowest BCUT2D eigenvalue weighted by molar-refractivity contribution is -0.121. The maximum atomic E-state index is 12.3. The molecule has 0 fully saturated rings. The van der Waals surface area contributed by atoms with Crippen LogP contribution in [0.25, 0.3) is 5.78 Å². The van der Waals surface area contributed by atoms with Gasteiger partial charge in [0.1, 0.15) is 6.33 Å². The van der Waals surface area contributed by atoms with Crippen LogP contribution in [0, 0.1) is 13.8 Å². The number of anilines is 1. The molecule has 0 radical (unpaired) electrons. The predicted molar refractivity (Wildman–Crippen MR) is 110 cm³/mol. The van der Waals surface area contributed by atoms with E-state index in [2.05, 4.69) is 25.7 Å². The summed E-state index contributed by atoms with van der Waals surface area (Å²) in [6.07, 6.45) is 3.72. The van der Waals surface area contributed by atoms with Crippen LogP contribution in [0.3, 0.4) is 0 Å². The van der Waals surface area contributed by atoms with Crippen molar-refractivity contribution in [1.82, 2.24) is 24.9 Å². The van der Waals surface area contributed by atoms with Crippen LogP contribution in [0.1, 0.15) is 48.7 Å². The van der Waals surface area contributed by atoms with Crippen molar-refractivity contribution < 1.29 is 9.59 Å². The lowest BCUT2D eigenvalue weighted by atomic mass is 10.1. The molecule has 3 aromatic rings. The fourth-order valence-electron chi connectivity index (χ4n) is 3.25. The molecule has 0 aliphatic heterocycles. The quantitative estimate of drug-likeness (QED) is 0.612. The average Bonchev–Trinajstić information content (AvgIpc) is 3.15. The second-order valence-electron chi connectivity index (χ2n) is 7.01. The van der Waals surface area contributed by atoms with Crippen LogP contribution in [-0.2, 0) is 22.6 Å². The van der Waals surface area contributed by atoms with Crippen LogP contribution in [0.15, 0.2) is 30.6 Å². The molecule has 0 bridgehead atoms. The van der Waals surface area contributed by atoms with Crippen LogP contribution in [0.4, 0.5) is 5.69 Å². The summed E-state index contributed by atoms with van der Waals surface area (Å²) >= 11 is 0. The van der Waals surface area contributed by atoms with E-state index in [0.717, 1.165) is 34.6 Å². The monoisotopic (exact) mass is 394 g/mol. The molecular formula is C21H26N6O2. The van der Waals surface area contributed by atoms with Crippen LogP contribution in [0.2, 0.25) is 0 Å². The summed E-state index contributed by atoms with van der Waals surface area (Å²) < 4.78 is 1.69. The molecule has 2 heterocycles. The molecule has 2 amide bonds. The summed E-state index contributed by atoms with van der Waals surface area (Å²) in [6, 6.07) is 7.52. The van der Waals surface area contributed by atoms with Crippen molar-refractivity contribution in [2.24, 2.45) is 0 Å². The fraction of sp³-hybridized carbons (Fsp3) is 0.381. The fourth-order valence-corrected chi connectivity index (χ4v) is 3.25. The molecule has 0 unspecified atom stereocenters. The van der Waals surface area contributed by atoms with Gasteiger partial charge < -0.3 is 10.6 Å². The molecule has 0 saturated carbocycles. The highest BCUT2D eigenvalue weighted by Gasteiger charge is 2.12. The third-order valence-electron chi connectivity index (χ3n) is 4.77. The molecule has 3 rings (SSSR count). The van der Waals surface area contributed by atoms with Crippen molar-refractivity contribution >= 4 is 23.3 Å². The second-order valence-corrected chi connectivity index (χ2v) is 7.01. The summed E-state index contributed by atoms with van der Waals surface area (Å²) in [5.74, 6) is 0.527. The minimum absolute atomic E-state index is 0.00242. The number of rotatable bonds is 8. The van der Waals surface area contributed by atoms with E-state index in [0.29, 0.717) is 31.6 Å². The lowest BCUT2D eigenvalue weighted by Crippen LogP contribution is -2.23. The number of nitrogens with one attached hydrogen (secondary N) is 2. The van der Waals surface area contributed by atoms with Gasteiger partial charge in [-0.15, -0.1) is 0 Å². The average molecular weight is 394 g/mol. The molecule has 8 heteroatoms. The number of carbonyl (C=O) groups is 2. The number of hydrogen-bond acceptors (Lipinski definition) is 5. The molecule has 0 spiro atoms. The first-order chi connectivity index (χ1) is 14.0. The third kappa shape index (κ3) is 5.16. The van der Waals surface area contributed by atoms with Gasteiger partial charge in [0, 0.05) is 36.5 Å². The Morgan fingerprint density at radius 2 is 1.97 bits per heavy atom. The number of carbonyl (C=O) groups excluding carboxylic acids is 2. The first kappa shape index (κ1) is 20.4. The number of aryl methyl sites for hydroxylation is 2. The van der Waals surface area contributed by atoms with E-state index in [1.165, 1.54) is 6.33 Å². The Morgan fingerprint density at radius 3 is 2.76 bits per heavy atom. The summed E-state index contributed by atoms with van der Waals surface area (Å²) in [7, 11) is 0. The van der Waals surface area contributed by atoms with E-state index in [1.54, 1.807) is 4.52 Å². The zero-order valence-electron chi connectivity index (χ0n) is 17.0. The largest absolute Gasteiger partial charge is 0.352 e. The van der Waals surface area contributed by atoms with Crippen molar-refractivity contribution in [1.29, 1.82) is 0 Å². The Hall–Kier alpha value is -3.29. The van der Waals surface area contributed by atoms with Crippen molar-refractivity contribution in [2.45, 2.75) is 53.0 Å². The van der Waals surface area contributed by atoms with E-state index in [1.807, 2.05) is 45.0 Å². The van der Waals surface area contributed by atoms with Gasteiger partial charge in [0.15, 0.2) is 0 Å². The molecule has 0 aliphatic rings. The molecule has 1 aromatic carbocycles. The van der Waals surface area contributed by atoms with Crippen molar-refractivity contribution in [2.75, 3.05) is 5.32 Å². The van der Waals surface area contributed by atoms with Gasteiger partial charge in [-0.3, -0.25) is 9.59 Å². The summed E-state index contributed by atoms with van der Waals surface area (Å²) in [5, 5.41) is 9.99. The Morgan fingerprint density at radius 1 is 1.14 bits per heavy atom. The number of aromatic nitrogens is 4. The van der Waals surface area contributed by atoms with Crippen LogP contribution < -0.4 is 10.6 Å². The number of benzene rings is 1. The topological polar surface area (TPSA) is 101 Å². The SMILES string of the molecule is CCCC(=O)Nc1cccc(CNC(=O)CCc2c(C)nc3ncnn3c2C)c1. The summed E-state index contributed by atoms with van der Waals surface area (Å²) in [4.78, 5) is 32.6. The number of amides is 2.